The van der Waals surface area contributed by atoms with Crippen molar-refractivity contribution in [1.29, 1.82) is 0 Å². The Labute approximate surface area is 130 Å². The minimum atomic E-state index is -0.287. The van der Waals surface area contributed by atoms with E-state index in [-0.39, 0.29) is 5.91 Å². The molecule has 7 nitrogen and oxygen atoms in total. The highest BCUT2D eigenvalue weighted by Gasteiger charge is 2.04. The van der Waals surface area contributed by atoms with Crippen LogP contribution in [0.5, 0.6) is 0 Å². The normalized spacial score (nSPS) is 11.0. The minimum absolute atomic E-state index is 0.287. The monoisotopic (exact) mass is 312 g/mol. The molecule has 0 aliphatic heterocycles. The molecule has 0 saturated carbocycles. The molecule has 3 rings (SSSR count). The van der Waals surface area contributed by atoms with Gasteiger partial charge in [-0.25, -0.2) is 0 Å². The molecule has 0 aliphatic carbocycles. The van der Waals surface area contributed by atoms with E-state index in [9.17, 15) is 4.79 Å². The maximum absolute atomic E-state index is 11.8. The number of benzene rings is 1. The number of carbonyl (C=O) groups excluding carboxylic acids is 1. The zero-order valence-corrected chi connectivity index (χ0v) is 12.5. The fraction of sp³-hybridized carbons (Fsp3) is 0.0714. The molecule has 0 radical (unpaired) electrons. The molecule has 3 aromatic rings. The van der Waals surface area contributed by atoms with Crippen molar-refractivity contribution >= 4 is 28.5 Å². The van der Waals surface area contributed by atoms with Gasteiger partial charge in [0.15, 0.2) is 0 Å². The maximum Gasteiger partial charge on any atom is 0.250 e. The van der Waals surface area contributed by atoms with Crippen molar-refractivity contribution in [3.63, 3.8) is 0 Å². The predicted molar refractivity (Wildman–Crippen MR) is 83.7 cm³/mol. The first-order chi connectivity index (χ1) is 10.7. The van der Waals surface area contributed by atoms with Crippen molar-refractivity contribution in [2.75, 3.05) is 5.32 Å². The smallest absolute Gasteiger partial charge is 0.250 e. The molecular weight excluding hydrogens is 300 g/mol. The summed E-state index contributed by atoms with van der Waals surface area (Å²) in [5, 5.41) is 20.0. The topological polar surface area (TPSA) is 85.6 Å². The van der Waals surface area contributed by atoms with Crippen LogP contribution in [0.3, 0.4) is 0 Å². The van der Waals surface area contributed by atoms with Gasteiger partial charge in [0, 0.05) is 6.08 Å². The van der Waals surface area contributed by atoms with Crippen molar-refractivity contribution in [3.05, 3.63) is 53.3 Å². The number of nitrogens with one attached hydrogen (secondary N) is 1. The van der Waals surface area contributed by atoms with Gasteiger partial charge < -0.3 is 0 Å². The lowest BCUT2D eigenvalue weighted by Crippen LogP contribution is -2.07. The lowest BCUT2D eigenvalue weighted by Gasteiger charge is -1.96. The summed E-state index contributed by atoms with van der Waals surface area (Å²) in [6, 6.07) is 9.54. The summed E-state index contributed by atoms with van der Waals surface area (Å²) in [7, 11) is 0. The van der Waals surface area contributed by atoms with Crippen LogP contribution in [0.1, 0.15) is 10.7 Å². The number of anilines is 1. The van der Waals surface area contributed by atoms with Crippen molar-refractivity contribution in [2.45, 2.75) is 6.92 Å². The zero-order chi connectivity index (χ0) is 15.4. The van der Waals surface area contributed by atoms with Crippen LogP contribution in [-0.2, 0) is 4.79 Å². The van der Waals surface area contributed by atoms with Gasteiger partial charge in [-0.15, -0.1) is 15.3 Å². The van der Waals surface area contributed by atoms with E-state index in [1.165, 1.54) is 22.2 Å². The molecule has 110 valence electrons. The Bertz CT molecular complexity index is 808. The van der Waals surface area contributed by atoms with Gasteiger partial charge in [-0.05, 0) is 25.1 Å². The number of nitrogens with zero attached hydrogens (tertiary/aromatic N) is 5. The van der Waals surface area contributed by atoms with E-state index >= 15 is 0 Å². The standard InChI is InChI=1S/C14H12N6OS/c1-10-17-18-14(22-10)16-13(21)8-7-11-9-15-20(19-11)12-5-3-2-4-6-12/h2-9H,1H3,(H,16,18,21). The molecule has 2 heterocycles. The summed E-state index contributed by atoms with van der Waals surface area (Å²) >= 11 is 1.32. The molecule has 1 N–H and O–H groups in total. The third-order valence-electron chi connectivity index (χ3n) is 2.66. The van der Waals surface area contributed by atoms with Gasteiger partial charge in [0.25, 0.3) is 0 Å². The number of carbonyl (C=O) groups is 1. The fourth-order valence-corrected chi connectivity index (χ4v) is 2.29. The Morgan fingerprint density at radius 3 is 2.82 bits per heavy atom. The second-order valence-electron chi connectivity index (χ2n) is 4.34. The van der Waals surface area contributed by atoms with Crippen molar-refractivity contribution in [3.8, 4) is 5.69 Å². The first-order valence-corrected chi connectivity index (χ1v) is 7.29. The Balaban J connectivity index is 1.66. The molecule has 0 saturated heterocycles. The SMILES string of the molecule is Cc1nnc(NC(=O)C=Cc2cnn(-c3ccccc3)n2)s1. The highest BCUT2D eigenvalue weighted by Crippen LogP contribution is 2.13. The zero-order valence-electron chi connectivity index (χ0n) is 11.7. The summed E-state index contributed by atoms with van der Waals surface area (Å²) in [6.45, 7) is 1.82. The Kier molecular flexibility index (Phi) is 4.01. The summed E-state index contributed by atoms with van der Waals surface area (Å²) < 4.78 is 0. The van der Waals surface area contributed by atoms with E-state index in [1.807, 2.05) is 37.3 Å². The maximum atomic E-state index is 11.8. The van der Waals surface area contributed by atoms with E-state index in [0.29, 0.717) is 10.8 Å². The molecule has 0 bridgehead atoms. The van der Waals surface area contributed by atoms with Gasteiger partial charge in [0.1, 0.15) is 10.7 Å². The quantitative estimate of drug-likeness (QED) is 0.745. The molecule has 1 aromatic carbocycles. The Hall–Kier alpha value is -2.87. The molecule has 22 heavy (non-hydrogen) atoms. The van der Waals surface area contributed by atoms with Crippen LogP contribution in [0.15, 0.2) is 42.6 Å². The van der Waals surface area contributed by atoms with Gasteiger partial charge in [0.2, 0.25) is 11.0 Å². The molecular formula is C14H12N6OS. The first kappa shape index (κ1) is 14.1. The van der Waals surface area contributed by atoms with Crippen LogP contribution in [-0.4, -0.2) is 31.1 Å². The van der Waals surface area contributed by atoms with Crippen molar-refractivity contribution < 1.29 is 4.79 Å². The van der Waals surface area contributed by atoms with Gasteiger partial charge in [-0.3, -0.25) is 10.1 Å². The number of aryl methyl sites for hydroxylation is 1. The number of para-hydroxylation sites is 1. The second kappa shape index (κ2) is 6.27. The highest BCUT2D eigenvalue weighted by atomic mass is 32.1. The van der Waals surface area contributed by atoms with Crippen LogP contribution in [0.4, 0.5) is 5.13 Å². The minimum Gasteiger partial charge on any atom is -0.297 e. The molecule has 0 spiro atoms. The van der Waals surface area contributed by atoms with Crippen LogP contribution in [0.25, 0.3) is 11.8 Å². The summed E-state index contributed by atoms with van der Waals surface area (Å²) in [5.41, 5.74) is 1.45. The van der Waals surface area contributed by atoms with Crippen LogP contribution in [0.2, 0.25) is 0 Å². The average molecular weight is 312 g/mol. The lowest BCUT2D eigenvalue weighted by molar-refractivity contribution is -0.111. The van der Waals surface area contributed by atoms with E-state index in [0.717, 1.165) is 10.7 Å². The summed E-state index contributed by atoms with van der Waals surface area (Å²) in [5.74, 6) is -0.287. The number of hydrogen-bond acceptors (Lipinski definition) is 6. The Morgan fingerprint density at radius 2 is 2.09 bits per heavy atom. The number of rotatable bonds is 4. The predicted octanol–water partition coefficient (Wildman–Crippen LogP) is 2.08. The van der Waals surface area contributed by atoms with Crippen molar-refractivity contribution in [2.24, 2.45) is 0 Å². The molecule has 8 heteroatoms. The summed E-state index contributed by atoms with van der Waals surface area (Å²) in [4.78, 5) is 13.3. The number of amides is 1. The van der Waals surface area contributed by atoms with Gasteiger partial charge in [0.05, 0.1) is 11.9 Å². The lowest BCUT2D eigenvalue weighted by atomic mass is 10.3. The van der Waals surface area contributed by atoms with E-state index in [4.69, 9.17) is 0 Å². The molecule has 0 unspecified atom stereocenters. The van der Waals surface area contributed by atoms with Crippen LogP contribution < -0.4 is 5.32 Å². The third kappa shape index (κ3) is 3.41. The summed E-state index contributed by atoms with van der Waals surface area (Å²) in [6.07, 6.45) is 4.57. The fourth-order valence-electron chi connectivity index (χ4n) is 1.69. The van der Waals surface area contributed by atoms with E-state index in [2.05, 4.69) is 25.7 Å². The van der Waals surface area contributed by atoms with Gasteiger partial charge >= 0.3 is 0 Å². The van der Waals surface area contributed by atoms with Crippen molar-refractivity contribution in [1.82, 2.24) is 25.2 Å². The number of aromatic nitrogens is 5. The highest BCUT2D eigenvalue weighted by molar-refractivity contribution is 7.15. The second-order valence-corrected chi connectivity index (χ2v) is 5.52. The largest absolute Gasteiger partial charge is 0.297 e. The van der Waals surface area contributed by atoms with Gasteiger partial charge in [-0.2, -0.15) is 9.90 Å². The molecule has 1 amide bonds. The average Bonchev–Trinajstić information content (AvgIpc) is 3.15. The van der Waals surface area contributed by atoms with Crippen LogP contribution in [0, 0.1) is 6.92 Å². The molecule has 2 aromatic heterocycles. The van der Waals surface area contributed by atoms with Crippen LogP contribution >= 0.6 is 11.3 Å². The number of hydrogen-bond donors (Lipinski definition) is 1. The van der Waals surface area contributed by atoms with Gasteiger partial charge in [-0.1, -0.05) is 29.5 Å². The molecule has 0 fully saturated rings. The molecule has 0 atom stereocenters. The van der Waals surface area contributed by atoms with E-state index < -0.39 is 0 Å². The molecule has 0 aliphatic rings. The Morgan fingerprint density at radius 1 is 1.27 bits per heavy atom. The van der Waals surface area contributed by atoms with E-state index in [1.54, 1.807) is 12.3 Å². The third-order valence-corrected chi connectivity index (χ3v) is 3.41. The first-order valence-electron chi connectivity index (χ1n) is 6.48.